The lowest BCUT2D eigenvalue weighted by Gasteiger charge is -2.12. The predicted molar refractivity (Wildman–Crippen MR) is 117 cm³/mol. The normalized spacial score (nSPS) is 10.0. The Bertz CT molecular complexity index is 857. The zero-order valence-corrected chi connectivity index (χ0v) is 17.3. The van der Waals surface area contributed by atoms with Crippen LogP contribution in [0.25, 0.3) is 0 Å². The molecule has 0 radical (unpaired) electrons. The summed E-state index contributed by atoms with van der Waals surface area (Å²) in [4.78, 5) is 22.9. The van der Waals surface area contributed by atoms with Crippen molar-refractivity contribution in [3.8, 4) is 5.75 Å². The Morgan fingerprint density at radius 2 is 1.76 bits per heavy atom. The van der Waals surface area contributed by atoms with Gasteiger partial charge in [0.25, 0.3) is 0 Å². The number of rotatable bonds is 9. The number of esters is 1. The maximum atomic E-state index is 11.8. The number of amides is 1. The summed E-state index contributed by atoms with van der Waals surface area (Å²) in [6.07, 6.45) is 0.731. The fourth-order valence-corrected chi connectivity index (χ4v) is 2.66. The third-order valence-corrected chi connectivity index (χ3v) is 3.91. The molecule has 7 nitrogen and oxygen atoms in total. The fourth-order valence-electron chi connectivity index (χ4n) is 2.44. The summed E-state index contributed by atoms with van der Waals surface area (Å²) in [5.74, 6) is 0.197. The number of hydrogen-bond acceptors (Lipinski definition) is 5. The second kappa shape index (κ2) is 11.7. The van der Waals surface area contributed by atoms with E-state index in [2.05, 4.69) is 16.0 Å². The maximum Gasteiger partial charge on any atom is 0.338 e. The van der Waals surface area contributed by atoms with Crippen LogP contribution in [0.2, 0.25) is 0 Å². The molecule has 0 saturated heterocycles. The van der Waals surface area contributed by atoms with Gasteiger partial charge in [-0.15, -0.1) is 0 Å². The van der Waals surface area contributed by atoms with Crippen molar-refractivity contribution in [3.05, 3.63) is 54.1 Å². The lowest BCUT2D eigenvalue weighted by molar-refractivity contribution is -0.114. The van der Waals surface area contributed by atoms with Crippen LogP contribution >= 0.6 is 12.2 Å². The van der Waals surface area contributed by atoms with Crippen LogP contribution in [0.3, 0.4) is 0 Å². The zero-order chi connectivity index (χ0) is 21.1. The number of thiocarbonyl (C=S) groups is 1. The van der Waals surface area contributed by atoms with Crippen LogP contribution in [0.15, 0.2) is 48.5 Å². The minimum Gasteiger partial charge on any atom is -0.493 e. The van der Waals surface area contributed by atoms with Crippen LogP contribution in [0.1, 0.15) is 30.6 Å². The summed E-state index contributed by atoms with van der Waals surface area (Å²) in [6, 6.07) is 14.2. The Labute approximate surface area is 175 Å². The molecule has 0 aliphatic carbocycles. The molecule has 0 aliphatic rings. The quantitative estimate of drug-likeness (QED) is 0.328. The van der Waals surface area contributed by atoms with E-state index in [1.54, 1.807) is 37.3 Å². The number of benzene rings is 2. The van der Waals surface area contributed by atoms with Crippen molar-refractivity contribution in [3.63, 3.8) is 0 Å². The van der Waals surface area contributed by atoms with Crippen molar-refractivity contribution >= 4 is 40.6 Å². The van der Waals surface area contributed by atoms with Crippen molar-refractivity contribution in [2.75, 3.05) is 30.4 Å². The molecule has 2 aromatic carbocycles. The molecule has 0 fully saturated rings. The first kappa shape index (κ1) is 22.2. The van der Waals surface area contributed by atoms with Crippen LogP contribution in [0.5, 0.6) is 5.75 Å². The molecule has 154 valence electrons. The first-order chi connectivity index (χ1) is 14.0. The third-order valence-electron chi connectivity index (χ3n) is 3.66. The van der Waals surface area contributed by atoms with E-state index in [1.807, 2.05) is 18.2 Å². The minimum atomic E-state index is -0.366. The summed E-state index contributed by atoms with van der Waals surface area (Å²) in [7, 11) is 0. The largest absolute Gasteiger partial charge is 0.493 e. The van der Waals surface area contributed by atoms with Gasteiger partial charge >= 0.3 is 5.97 Å². The topological polar surface area (TPSA) is 88.7 Å². The molecule has 29 heavy (non-hydrogen) atoms. The molecule has 0 saturated carbocycles. The Hall–Kier alpha value is -3.13. The molecule has 0 spiro atoms. The van der Waals surface area contributed by atoms with E-state index in [0.29, 0.717) is 47.6 Å². The van der Waals surface area contributed by atoms with Crippen molar-refractivity contribution in [1.82, 2.24) is 5.32 Å². The van der Waals surface area contributed by atoms with Crippen molar-refractivity contribution < 1.29 is 19.1 Å². The van der Waals surface area contributed by atoms with Gasteiger partial charge in [0.15, 0.2) is 5.11 Å². The lowest BCUT2D eigenvalue weighted by atomic mass is 10.2. The molecule has 0 heterocycles. The SMILES string of the molecule is CCOC(=O)c1cccc(NC(=S)NCCCOc2cccc(NC(C)=O)c2)c1. The van der Waals surface area contributed by atoms with Gasteiger partial charge in [-0.25, -0.2) is 4.79 Å². The van der Waals surface area contributed by atoms with E-state index in [9.17, 15) is 9.59 Å². The van der Waals surface area contributed by atoms with Gasteiger partial charge in [0.2, 0.25) is 5.91 Å². The summed E-state index contributed by atoms with van der Waals surface area (Å²) in [6.45, 7) is 4.67. The number of anilines is 2. The van der Waals surface area contributed by atoms with Gasteiger partial charge < -0.3 is 25.4 Å². The van der Waals surface area contributed by atoms with Gasteiger partial charge in [-0.05, 0) is 55.9 Å². The predicted octanol–water partition coefficient (Wildman–Crippen LogP) is 3.58. The highest BCUT2D eigenvalue weighted by Crippen LogP contribution is 2.17. The highest BCUT2D eigenvalue weighted by atomic mass is 32.1. The molecule has 0 unspecified atom stereocenters. The molecular formula is C21H25N3O4S. The molecule has 0 bridgehead atoms. The number of carbonyl (C=O) groups is 2. The van der Waals surface area contributed by atoms with E-state index in [-0.39, 0.29) is 11.9 Å². The van der Waals surface area contributed by atoms with Gasteiger partial charge in [-0.3, -0.25) is 4.79 Å². The fraction of sp³-hybridized carbons (Fsp3) is 0.286. The highest BCUT2D eigenvalue weighted by molar-refractivity contribution is 7.80. The average molecular weight is 416 g/mol. The van der Waals surface area contributed by atoms with Crippen LogP contribution < -0.4 is 20.7 Å². The van der Waals surface area contributed by atoms with E-state index in [4.69, 9.17) is 21.7 Å². The maximum absolute atomic E-state index is 11.8. The summed E-state index contributed by atoms with van der Waals surface area (Å²) in [5, 5.41) is 9.32. The summed E-state index contributed by atoms with van der Waals surface area (Å²) >= 11 is 5.28. The first-order valence-electron chi connectivity index (χ1n) is 9.30. The molecule has 8 heteroatoms. The van der Waals surface area contributed by atoms with E-state index in [1.165, 1.54) is 6.92 Å². The molecule has 0 aliphatic heterocycles. The lowest BCUT2D eigenvalue weighted by Crippen LogP contribution is -2.30. The van der Waals surface area contributed by atoms with Gasteiger partial charge in [0.05, 0.1) is 18.8 Å². The highest BCUT2D eigenvalue weighted by Gasteiger charge is 2.07. The summed E-state index contributed by atoms with van der Waals surface area (Å²) in [5.41, 5.74) is 1.87. The molecule has 3 N–H and O–H groups in total. The number of carbonyl (C=O) groups excluding carboxylic acids is 2. The minimum absolute atomic E-state index is 0.125. The number of nitrogens with one attached hydrogen (secondary N) is 3. The monoisotopic (exact) mass is 415 g/mol. The van der Waals surface area contributed by atoms with E-state index in [0.717, 1.165) is 6.42 Å². The molecule has 2 rings (SSSR count). The molecular weight excluding hydrogens is 390 g/mol. The Kier molecular flexibility index (Phi) is 8.91. The zero-order valence-electron chi connectivity index (χ0n) is 16.5. The van der Waals surface area contributed by atoms with E-state index >= 15 is 0 Å². The molecule has 2 aromatic rings. The molecule has 0 atom stereocenters. The standard InChI is InChI=1S/C21H25N3O4S/c1-3-27-20(26)16-7-4-8-17(13-16)24-21(29)22-11-6-12-28-19-10-5-9-18(14-19)23-15(2)25/h4-5,7-10,13-14H,3,6,11-12H2,1-2H3,(H,23,25)(H2,22,24,29). The average Bonchev–Trinajstić information content (AvgIpc) is 2.68. The third kappa shape index (κ3) is 8.18. The second-order valence-corrected chi connectivity index (χ2v) is 6.50. The van der Waals surface area contributed by atoms with Crippen LogP contribution in [-0.2, 0) is 9.53 Å². The molecule has 0 aromatic heterocycles. The van der Waals surface area contributed by atoms with Crippen molar-refractivity contribution in [2.45, 2.75) is 20.3 Å². The first-order valence-corrected chi connectivity index (χ1v) is 9.71. The summed E-state index contributed by atoms with van der Waals surface area (Å²) < 4.78 is 10.7. The van der Waals surface area contributed by atoms with E-state index < -0.39 is 0 Å². The number of hydrogen-bond donors (Lipinski definition) is 3. The van der Waals surface area contributed by atoms with Crippen LogP contribution in [0, 0.1) is 0 Å². The number of ether oxygens (including phenoxy) is 2. The van der Waals surface area contributed by atoms with Crippen LogP contribution in [-0.4, -0.2) is 36.7 Å². The van der Waals surface area contributed by atoms with Gasteiger partial charge in [-0.1, -0.05) is 12.1 Å². The second-order valence-electron chi connectivity index (χ2n) is 6.09. The Morgan fingerprint density at radius 1 is 1.03 bits per heavy atom. The Morgan fingerprint density at radius 3 is 2.48 bits per heavy atom. The van der Waals surface area contributed by atoms with Crippen molar-refractivity contribution in [1.29, 1.82) is 0 Å². The smallest absolute Gasteiger partial charge is 0.338 e. The van der Waals surface area contributed by atoms with Gasteiger partial charge in [0.1, 0.15) is 5.75 Å². The molecule has 1 amide bonds. The van der Waals surface area contributed by atoms with Gasteiger partial charge in [0, 0.05) is 30.9 Å². The van der Waals surface area contributed by atoms with Crippen LogP contribution in [0.4, 0.5) is 11.4 Å². The van der Waals surface area contributed by atoms with Crippen molar-refractivity contribution in [2.24, 2.45) is 0 Å². The van der Waals surface area contributed by atoms with Gasteiger partial charge in [-0.2, -0.15) is 0 Å². The Balaban J connectivity index is 1.71.